The number of hydrogen-bond acceptors (Lipinski definition) is 4. The molecule has 0 bridgehead atoms. The van der Waals surface area contributed by atoms with Gasteiger partial charge in [0.15, 0.2) is 6.61 Å². The number of carbonyl (C=O) groups excluding carboxylic acids is 2. The molecule has 9 heteroatoms. The first kappa shape index (κ1) is 22.8. The van der Waals surface area contributed by atoms with Crippen molar-refractivity contribution in [1.29, 1.82) is 0 Å². The molecule has 2 aromatic rings. The van der Waals surface area contributed by atoms with Crippen LogP contribution in [0.1, 0.15) is 41.4 Å². The highest BCUT2D eigenvalue weighted by molar-refractivity contribution is 6.04. The number of benzene rings is 1. The lowest BCUT2D eigenvalue weighted by Crippen LogP contribution is -2.29. The van der Waals surface area contributed by atoms with Gasteiger partial charge in [-0.25, -0.2) is 9.78 Å². The van der Waals surface area contributed by atoms with E-state index in [1.54, 1.807) is 38.1 Å². The molecule has 30 heavy (non-hydrogen) atoms. The summed E-state index contributed by atoms with van der Waals surface area (Å²) in [5.74, 6) is -3.53. The summed E-state index contributed by atoms with van der Waals surface area (Å²) in [6, 6.07) is 6.84. The van der Waals surface area contributed by atoms with E-state index in [0.29, 0.717) is 16.8 Å². The maximum atomic E-state index is 13.6. The lowest BCUT2D eigenvalue weighted by molar-refractivity contribution is -0.00696. The van der Waals surface area contributed by atoms with Crippen molar-refractivity contribution in [3.63, 3.8) is 0 Å². The van der Waals surface area contributed by atoms with Gasteiger partial charge in [0.05, 0.1) is 17.3 Å². The molecule has 0 fully saturated rings. The van der Waals surface area contributed by atoms with Crippen molar-refractivity contribution in [3.8, 4) is 5.88 Å². The highest BCUT2D eigenvalue weighted by Gasteiger charge is 2.31. The molecule has 1 unspecified atom stereocenters. The third-order valence-electron chi connectivity index (χ3n) is 4.40. The summed E-state index contributed by atoms with van der Waals surface area (Å²) in [4.78, 5) is 27.9. The number of carbonyl (C=O) groups is 2. The number of alkyl halides is 2. The van der Waals surface area contributed by atoms with Crippen molar-refractivity contribution < 1.29 is 23.1 Å². The van der Waals surface area contributed by atoms with Crippen LogP contribution < -0.4 is 21.1 Å². The monoisotopic (exact) mass is 418 g/mol. The quantitative estimate of drug-likeness (QED) is 0.564. The number of aryl methyl sites for hydroxylation is 1. The largest absolute Gasteiger partial charge is 0.471 e. The number of nitrogens with one attached hydrogen (secondary N) is 2. The molecule has 0 radical (unpaired) electrons. The summed E-state index contributed by atoms with van der Waals surface area (Å²) in [6.07, 6.45) is 1.43. The number of urea groups is 1. The van der Waals surface area contributed by atoms with E-state index in [9.17, 15) is 18.4 Å². The molecule has 0 aliphatic heterocycles. The zero-order chi connectivity index (χ0) is 22.5. The van der Waals surface area contributed by atoms with Gasteiger partial charge in [-0.15, -0.1) is 0 Å². The summed E-state index contributed by atoms with van der Waals surface area (Å²) >= 11 is 0. The third-order valence-corrected chi connectivity index (χ3v) is 4.40. The van der Waals surface area contributed by atoms with E-state index in [4.69, 9.17) is 10.5 Å². The Morgan fingerprint density at radius 3 is 2.57 bits per heavy atom. The summed E-state index contributed by atoms with van der Waals surface area (Å²) in [7, 11) is 0. The van der Waals surface area contributed by atoms with Crippen molar-refractivity contribution in [2.75, 3.05) is 11.9 Å². The molecule has 0 saturated carbocycles. The summed E-state index contributed by atoms with van der Waals surface area (Å²) in [5.41, 5.74) is 6.80. The van der Waals surface area contributed by atoms with Gasteiger partial charge >= 0.3 is 12.0 Å². The lowest BCUT2D eigenvalue weighted by Gasteiger charge is -2.18. The van der Waals surface area contributed by atoms with Crippen LogP contribution in [0.5, 0.6) is 5.88 Å². The highest BCUT2D eigenvalue weighted by Crippen LogP contribution is 2.24. The number of pyridine rings is 1. The Kier molecular flexibility index (Phi) is 7.10. The van der Waals surface area contributed by atoms with Gasteiger partial charge in [0, 0.05) is 12.3 Å². The Balaban J connectivity index is 2.07. The summed E-state index contributed by atoms with van der Waals surface area (Å²) in [5, 5.41) is 5.26. The van der Waals surface area contributed by atoms with E-state index in [1.165, 1.54) is 19.2 Å². The van der Waals surface area contributed by atoms with Crippen LogP contribution in [0.15, 0.2) is 48.7 Å². The van der Waals surface area contributed by atoms with E-state index in [2.05, 4.69) is 22.2 Å². The van der Waals surface area contributed by atoms with Crippen LogP contribution in [0.4, 0.5) is 19.3 Å². The Morgan fingerprint density at radius 1 is 1.30 bits per heavy atom. The minimum absolute atomic E-state index is 0.0323. The predicted molar refractivity (Wildman–Crippen MR) is 110 cm³/mol. The molecule has 1 aromatic carbocycles. The van der Waals surface area contributed by atoms with Gasteiger partial charge in [0.1, 0.15) is 0 Å². The number of nitrogens with two attached hydrogens (primary N) is 1. The second kappa shape index (κ2) is 9.34. The van der Waals surface area contributed by atoms with Crippen LogP contribution in [0.2, 0.25) is 0 Å². The van der Waals surface area contributed by atoms with E-state index in [-0.39, 0.29) is 17.0 Å². The van der Waals surface area contributed by atoms with Crippen LogP contribution in [0, 0.1) is 6.92 Å². The Bertz CT molecular complexity index is 946. The van der Waals surface area contributed by atoms with Crippen LogP contribution in [0.25, 0.3) is 0 Å². The van der Waals surface area contributed by atoms with Gasteiger partial charge in [-0.2, -0.15) is 8.78 Å². The number of para-hydroxylation sites is 1. The van der Waals surface area contributed by atoms with Gasteiger partial charge in [0.2, 0.25) is 5.88 Å². The van der Waals surface area contributed by atoms with E-state index in [1.807, 2.05) is 0 Å². The number of ether oxygens (including phenoxy) is 1. The first-order valence-corrected chi connectivity index (χ1v) is 9.10. The maximum Gasteiger partial charge on any atom is 0.316 e. The number of aromatic nitrogens is 1. The van der Waals surface area contributed by atoms with E-state index in [0.717, 1.165) is 0 Å². The average Bonchev–Trinajstić information content (AvgIpc) is 2.67. The zero-order valence-corrected chi connectivity index (χ0v) is 17.0. The molecule has 0 spiro atoms. The predicted octanol–water partition coefficient (Wildman–Crippen LogP) is 3.96. The van der Waals surface area contributed by atoms with Crippen molar-refractivity contribution in [2.24, 2.45) is 5.73 Å². The van der Waals surface area contributed by atoms with Crippen molar-refractivity contribution >= 4 is 17.6 Å². The van der Waals surface area contributed by atoms with Crippen molar-refractivity contribution in [3.05, 3.63) is 65.4 Å². The van der Waals surface area contributed by atoms with Gasteiger partial charge in [-0.3, -0.25) is 4.79 Å². The molecule has 0 aliphatic rings. The Morgan fingerprint density at radius 2 is 2.00 bits per heavy atom. The number of amides is 3. The topological polar surface area (TPSA) is 106 Å². The van der Waals surface area contributed by atoms with Crippen LogP contribution in [-0.2, 0) is 0 Å². The number of nitrogens with zero attached hydrogens (tertiary/aromatic N) is 1. The molecule has 4 N–H and O–H groups in total. The fourth-order valence-electron chi connectivity index (χ4n) is 2.52. The van der Waals surface area contributed by atoms with Crippen LogP contribution >= 0.6 is 0 Å². The molecule has 2 rings (SSSR count). The third kappa shape index (κ3) is 5.76. The minimum Gasteiger partial charge on any atom is -0.471 e. The molecular formula is C21H24F2N4O3. The smallest absolute Gasteiger partial charge is 0.316 e. The fraction of sp³-hybridized carbons (Fsp3) is 0.286. The number of rotatable bonds is 8. The molecule has 1 aromatic heterocycles. The molecular weight excluding hydrogens is 394 g/mol. The van der Waals surface area contributed by atoms with Gasteiger partial charge in [-0.1, -0.05) is 24.8 Å². The van der Waals surface area contributed by atoms with Crippen LogP contribution in [0.3, 0.4) is 0 Å². The minimum atomic E-state index is -3.15. The standard InChI is InChI=1S/C21H24F2N4O3/c1-12(2)21(22,23)11-30-17-9-8-15(10-25-17)14(4)26-19(28)16-7-5-6-13(3)18(16)27-20(24)29/h5-10,14H,1,11H2,2-4H3,(H,26,28)(H3,24,27,29). The van der Waals surface area contributed by atoms with Crippen LogP contribution in [-0.4, -0.2) is 29.5 Å². The fourth-order valence-corrected chi connectivity index (χ4v) is 2.52. The zero-order valence-electron chi connectivity index (χ0n) is 17.0. The number of hydrogen-bond donors (Lipinski definition) is 3. The molecule has 1 heterocycles. The van der Waals surface area contributed by atoms with E-state index < -0.39 is 30.5 Å². The number of anilines is 1. The lowest BCUT2D eigenvalue weighted by atomic mass is 10.1. The molecule has 7 nitrogen and oxygen atoms in total. The van der Waals surface area contributed by atoms with E-state index >= 15 is 0 Å². The molecule has 3 amide bonds. The summed E-state index contributed by atoms with van der Waals surface area (Å²) < 4.78 is 32.1. The Labute approximate surface area is 173 Å². The first-order chi connectivity index (χ1) is 14.0. The first-order valence-electron chi connectivity index (χ1n) is 9.10. The Hall–Kier alpha value is -3.49. The van der Waals surface area contributed by atoms with Gasteiger partial charge in [-0.05, 0) is 43.5 Å². The molecule has 0 aliphatic carbocycles. The second-order valence-electron chi connectivity index (χ2n) is 6.89. The van der Waals surface area contributed by atoms with Gasteiger partial charge in [0.25, 0.3) is 5.91 Å². The molecule has 1 atom stereocenters. The maximum absolute atomic E-state index is 13.6. The van der Waals surface area contributed by atoms with Gasteiger partial charge < -0.3 is 21.1 Å². The second-order valence-corrected chi connectivity index (χ2v) is 6.89. The highest BCUT2D eigenvalue weighted by atomic mass is 19.3. The molecule has 160 valence electrons. The molecule has 0 saturated heterocycles. The van der Waals surface area contributed by atoms with Crippen molar-refractivity contribution in [2.45, 2.75) is 32.7 Å². The van der Waals surface area contributed by atoms with Crippen molar-refractivity contribution in [1.82, 2.24) is 10.3 Å². The SMILES string of the molecule is C=C(C)C(F)(F)COc1ccc(C(C)NC(=O)c2cccc(C)c2NC(N)=O)cn1. The number of primary amides is 1. The summed E-state index contributed by atoms with van der Waals surface area (Å²) in [6.45, 7) is 7.08. The average molecular weight is 418 g/mol. The normalized spacial score (nSPS) is 12.0. The number of halogens is 2.